The third-order valence-electron chi connectivity index (χ3n) is 4.32. The molecule has 0 aliphatic heterocycles. The van der Waals surface area contributed by atoms with Gasteiger partial charge >= 0.3 is 0 Å². The van der Waals surface area contributed by atoms with Crippen molar-refractivity contribution in [2.45, 2.75) is 38.5 Å². The van der Waals surface area contributed by atoms with Crippen molar-refractivity contribution in [1.82, 2.24) is 5.32 Å². The second kappa shape index (κ2) is 5.58. The first-order chi connectivity index (χ1) is 8.62. The van der Waals surface area contributed by atoms with E-state index in [2.05, 4.69) is 19.2 Å². The second-order valence-corrected chi connectivity index (χ2v) is 5.78. The molecule has 2 rings (SSSR count). The van der Waals surface area contributed by atoms with E-state index >= 15 is 0 Å². The van der Waals surface area contributed by atoms with Crippen molar-refractivity contribution in [1.29, 1.82) is 0 Å². The van der Waals surface area contributed by atoms with Gasteiger partial charge in [0, 0.05) is 12.0 Å². The maximum Gasteiger partial charge on any atom is 0.145 e. The minimum atomic E-state index is -0.232. The lowest BCUT2D eigenvalue weighted by Gasteiger charge is -2.49. The summed E-state index contributed by atoms with van der Waals surface area (Å²) in [6.07, 6.45) is 3.31. The van der Waals surface area contributed by atoms with Crippen LogP contribution in [0.1, 0.15) is 38.7 Å². The van der Waals surface area contributed by atoms with Gasteiger partial charge in [0.1, 0.15) is 5.82 Å². The molecule has 3 heteroatoms. The molecule has 0 heterocycles. The smallest absolute Gasteiger partial charge is 0.145 e. The summed E-state index contributed by atoms with van der Waals surface area (Å²) in [5.41, 5.74) is 0.724. The van der Waals surface area contributed by atoms with Gasteiger partial charge in [0.2, 0.25) is 0 Å². The minimum absolute atomic E-state index is 0.0653. The molecule has 1 aliphatic rings. The monoisotopic (exact) mass is 269 g/mol. The molecule has 0 bridgehead atoms. The van der Waals surface area contributed by atoms with Crippen molar-refractivity contribution in [3.8, 4) is 0 Å². The highest BCUT2D eigenvalue weighted by Gasteiger charge is 2.46. The van der Waals surface area contributed by atoms with Crippen LogP contribution in [0.15, 0.2) is 18.2 Å². The van der Waals surface area contributed by atoms with Crippen molar-refractivity contribution in [3.05, 3.63) is 34.6 Å². The van der Waals surface area contributed by atoms with Crippen LogP contribution in [0.5, 0.6) is 0 Å². The Labute approximate surface area is 114 Å². The molecule has 2 unspecified atom stereocenters. The largest absolute Gasteiger partial charge is 0.316 e. The summed E-state index contributed by atoms with van der Waals surface area (Å²) in [6.45, 7) is 6.18. The molecule has 0 radical (unpaired) electrons. The molecule has 1 nitrogen and oxygen atoms in total. The van der Waals surface area contributed by atoms with Crippen molar-refractivity contribution >= 4 is 11.6 Å². The van der Waals surface area contributed by atoms with E-state index in [1.807, 2.05) is 12.1 Å². The van der Waals surface area contributed by atoms with Gasteiger partial charge in [-0.3, -0.25) is 0 Å². The number of benzene rings is 1. The van der Waals surface area contributed by atoms with Gasteiger partial charge in [0.15, 0.2) is 0 Å². The molecular weight excluding hydrogens is 249 g/mol. The zero-order chi connectivity index (χ0) is 13.2. The highest BCUT2D eigenvalue weighted by molar-refractivity contribution is 6.30. The Bertz CT molecular complexity index is 421. The molecule has 1 N–H and O–H groups in total. The van der Waals surface area contributed by atoms with Gasteiger partial charge in [-0.1, -0.05) is 37.6 Å². The first-order valence-corrected chi connectivity index (χ1v) is 7.15. The highest BCUT2D eigenvalue weighted by atomic mass is 35.5. The molecule has 2 atom stereocenters. The Morgan fingerprint density at radius 3 is 2.83 bits per heavy atom. The van der Waals surface area contributed by atoms with E-state index in [-0.39, 0.29) is 16.3 Å². The Morgan fingerprint density at radius 2 is 2.28 bits per heavy atom. The molecule has 0 spiro atoms. The maximum absolute atomic E-state index is 14.2. The molecule has 1 aromatic rings. The second-order valence-electron chi connectivity index (χ2n) is 5.37. The maximum atomic E-state index is 14.2. The predicted octanol–water partition coefficient (Wildman–Crippen LogP) is 4.15. The number of hydrogen-bond donors (Lipinski definition) is 1. The fraction of sp³-hybridized carbons (Fsp3) is 0.600. The van der Waals surface area contributed by atoms with E-state index in [0.717, 1.165) is 31.5 Å². The molecule has 1 aliphatic carbocycles. The average molecular weight is 270 g/mol. The van der Waals surface area contributed by atoms with Crippen LogP contribution in [0.3, 0.4) is 0 Å². The van der Waals surface area contributed by atoms with Gasteiger partial charge in [-0.05, 0) is 43.4 Å². The average Bonchev–Trinajstić information content (AvgIpc) is 2.37. The van der Waals surface area contributed by atoms with E-state index in [9.17, 15) is 4.39 Å². The summed E-state index contributed by atoms with van der Waals surface area (Å²) in [4.78, 5) is 0. The molecule has 18 heavy (non-hydrogen) atoms. The Balaban J connectivity index is 2.27. The fourth-order valence-electron chi connectivity index (χ4n) is 2.92. The van der Waals surface area contributed by atoms with Crippen molar-refractivity contribution in [2.24, 2.45) is 5.92 Å². The van der Waals surface area contributed by atoms with E-state index in [1.165, 1.54) is 6.42 Å². The zero-order valence-corrected chi connectivity index (χ0v) is 11.9. The molecule has 0 aromatic heterocycles. The minimum Gasteiger partial charge on any atom is -0.316 e. The summed E-state index contributed by atoms with van der Waals surface area (Å²) in [5, 5.41) is 3.68. The Kier molecular flexibility index (Phi) is 4.29. The Morgan fingerprint density at radius 1 is 1.50 bits per heavy atom. The normalized spacial score (nSPS) is 27.0. The molecule has 1 fully saturated rings. The highest BCUT2D eigenvalue weighted by Crippen LogP contribution is 2.49. The van der Waals surface area contributed by atoms with Gasteiger partial charge in [-0.25, -0.2) is 4.39 Å². The summed E-state index contributed by atoms with van der Waals surface area (Å²) in [5.74, 6) is 0.277. The summed E-state index contributed by atoms with van der Waals surface area (Å²) >= 11 is 5.91. The van der Waals surface area contributed by atoms with Gasteiger partial charge < -0.3 is 5.32 Å². The van der Waals surface area contributed by atoms with Gasteiger partial charge in [-0.15, -0.1) is 0 Å². The summed E-state index contributed by atoms with van der Waals surface area (Å²) < 4.78 is 14.2. The predicted molar refractivity (Wildman–Crippen MR) is 74.6 cm³/mol. The van der Waals surface area contributed by atoms with Crippen molar-refractivity contribution in [3.63, 3.8) is 0 Å². The van der Waals surface area contributed by atoms with Crippen LogP contribution < -0.4 is 5.32 Å². The van der Waals surface area contributed by atoms with Crippen LogP contribution in [-0.4, -0.2) is 13.1 Å². The zero-order valence-electron chi connectivity index (χ0n) is 11.1. The molecule has 0 saturated heterocycles. The number of nitrogens with one attached hydrogen (secondary N) is 1. The summed E-state index contributed by atoms with van der Waals surface area (Å²) in [6, 6.07) is 5.37. The molecule has 0 amide bonds. The van der Waals surface area contributed by atoms with Crippen LogP contribution in [0.2, 0.25) is 5.02 Å². The topological polar surface area (TPSA) is 12.0 Å². The number of halogens is 2. The lowest BCUT2D eigenvalue weighted by Crippen LogP contribution is -2.50. The first-order valence-electron chi connectivity index (χ1n) is 6.77. The van der Waals surface area contributed by atoms with E-state index in [4.69, 9.17) is 11.6 Å². The van der Waals surface area contributed by atoms with Gasteiger partial charge in [0.05, 0.1) is 5.02 Å². The van der Waals surface area contributed by atoms with Crippen LogP contribution >= 0.6 is 11.6 Å². The lowest BCUT2D eigenvalue weighted by atomic mass is 9.57. The van der Waals surface area contributed by atoms with Crippen molar-refractivity contribution < 1.29 is 4.39 Å². The number of rotatable bonds is 5. The first kappa shape index (κ1) is 13.8. The molecule has 100 valence electrons. The third kappa shape index (κ3) is 2.28. The van der Waals surface area contributed by atoms with E-state index in [1.54, 1.807) is 6.07 Å². The van der Waals surface area contributed by atoms with Gasteiger partial charge in [0.25, 0.3) is 0 Å². The molecule has 1 saturated carbocycles. The third-order valence-corrected chi connectivity index (χ3v) is 4.61. The van der Waals surface area contributed by atoms with Crippen LogP contribution in [-0.2, 0) is 5.41 Å². The van der Waals surface area contributed by atoms with Crippen LogP contribution in [0.25, 0.3) is 0 Å². The fourth-order valence-corrected chi connectivity index (χ4v) is 3.09. The number of hydrogen-bond acceptors (Lipinski definition) is 1. The van der Waals surface area contributed by atoms with Gasteiger partial charge in [-0.2, -0.15) is 0 Å². The molecular formula is C15H21ClFN. The van der Waals surface area contributed by atoms with Crippen molar-refractivity contribution in [2.75, 3.05) is 13.1 Å². The quantitative estimate of drug-likeness (QED) is 0.792. The van der Waals surface area contributed by atoms with E-state index < -0.39 is 0 Å². The summed E-state index contributed by atoms with van der Waals surface area (Å²) in [7, 11) is 0. The van der Waals surface area contributed by atoms with Crippen LogP contribution in [0.4, 0.5) is 4.39 Å². The van der Waals surface area contributed by atoms with E-state index in [0.29, 0.717) is 5.92 Å². The Hall–Kier alpha value is -0.600. The van der Waals surface area contributed by atoms with Crippen LogP contribution in [0, 0.1) is 11.7 Å². The SMILES string of the molecule is CCCNCC1(c2cccc(Cl)c2F)CCC1C. The molecule has 1 aromatic carbocycles. The lowest BCUT2D eigenvalue weighted by molar-refractivity contribution is 0.129. The standard InChI is InChI=1S/C15H21ClFN/c1-3-9-18-10-15(8-7-11(15)2)12-5-4-6-13(16)14(12)17/h4-6,11,18H,3,7-10H2,1-2H3.